The second-order valence-electron chi connectivity index (χ2n) is 5.04. The number of unbranched alkanes of at least 4 members (excludes halogenated alkanes) is 5. The van der Waals surface area contributed by atoms with Crippen molar-refractivity contribution < 1.29 is 0 Å². The van der Waals surface area contributed by atoms with Crippen molar-refractivity contribution >= 4 is 0 Å². The van der Waals surface area contributed by atoms with E-state index in [2.05, 4.69) is 33.0 Å². The zero-order valence-electron chi connectivity index (χ0n) is 12.1. The van der Waals surface area contributed by atoms with Crippen molar-refractivity contribution in [1.29, 1.82) is 0 Å². The van der Waals surface area contributed by atoms with E-state index in [1.165, 1.54) is 64.3 Å². The molecule has 0 spiro atoms. The lowest BCUT2D eigenvalue weighted by atomic mass is 9.89. The first-order valence-electron chi connectivity index (χ1n) is 7.49. The Hall–Kier alpha value is -0.0400. The van der Waals surface area contributed by atoms with E-state index >= 15 is 0 Å². The first-order chi connectivity index (χ1) is 7.74. The van der Waals surface area contributed by atoms with Crippen molar-refractivity contribution in [2.45, 2.75) is 91.0 Å². The highest BCUT2D eigenvalue weighted by atomic mass is 15.0. The zero-order chi connectivity index (χ0) is 12.3. The number of hydrogen-bond donors (Lipinski definition) is 1. The Bertz CT molecular complexity index is 130. The highest BCUT2D eigenvalue weighted by Gasteiger charge is 2.21. The summed E-state index contributed by atoms with van der Waals surface area (Å²) in [5.74, 6) is 0. The van der Waals surface area contributed by atoms with Crippen molar-refractivity contribution in [3.8, 4) is 0 Å². The molecule has 1 nitrogen and oxygen atoms in total. The van der Waals surface area contributed by atoms with Crippen molar-refractivity contribution in [2.75, 3.05) is 6.54 Å². The smallest absolute Gasteiger partial charge is 0.0173 e. The van der Waals surface area contributed by atoms with E-state index in [0.29, 0.717) is 5.54 Å². The average molecular weight is 227 g/mol. The molecule has 0 heterocycles. The van der Waals surface area contributed by atoms with Crippen LogP contribution >= 0.6 is 0 Å². The summed E-state index contributed by atoms with van der Waals surface area (Å²) in [6.45, 7) is 10.4. The van der Waals surface area contributed by atoms with Gasteiger partial charge in [0.05, 0.1) is 0 Å². The zero-order valence-corrected chi connectivity index (χ0v) is 12.1. The highest BCUT2D eigenvalue weighted by Crippen LogP contribution is 2.19. The van der Waals surface area contributed by atoms with Gasteiger partial charge in [0, 0.05) is 5.54 Å². The van der Waals surface area contributed by atoms with Gasteiger partial charge in [0.2, 0.25) is 0 Å². The molecule has 0 atom stereocenters. The predicted octanol–water partition coefficient (Wildman–Crippen LogP) is 4.91. The van der Waals surface area contributed by atoms with Crippen molar-refractivity contribution in [2.24, 2.45) is 0 Å². The molecule has 0 aromatic rings. The molecule has 0 saturated heterocycles. The lowest BCUT2D eigenvalue weighted by molar-refractivity contribution is 0.288. The lowest BCUT2D eigenvalue weighted by Gasteiger charge is -2.32. The quantitative estimate of drug-likeness (QED) is 0.495. The van der Waals surface area contributed by atoms with Crippen LogP contribution in [0, 0.1) is 0 Å². The van der Waals surface area contributed by atoms with Crippen LogP contribution in [0.15, 0.2) is 0 Å². The van der Waals surface area contributed by atoms with Crippen LogP contribution in [-0.4, -0.2) is 12.1 Å². The molecule has 0 fully saturated rings. The Balaban J connectivity index is 3.48. The van der Waals surface area contributed by atoms with E-state index in [0.717, 1.165) is 0 Å². The van der Waals surface area contributed by atoms with E-state index in [-0.39, 0.29) is 0 Å². The van der Waals surface area contributed by atoms with E-state index in [4.69, 9.17) is 0 Å². The van der Waals surface area contributed by atoms with Gasteiger partial charge < -0.3 is 5.32 Å². The van der Waals surface area contributed by atoms with Gasteiger partial charge >= 0.3 is 0 Å². The van der Waals surface area contributed by atoms with Gasteiger partial charge in [-0.05, 0) is 32.2 Å². The SMILES string of the molecule is CCCCCCCCNC(CC)(CC)CC. The van der Waals surface area contributed by atoms with Crippen LogP contribution in [0.2, 0.25) is 0 Å². The minimum Gasteiger partial charge on any atom is -0.311 e. The summed E-state index contributed by atoms with van der Waals surface area (Å²) in [4.78, 5) is 0. The molecule has 0 aliphatic carbocycles. The van der Waals surface area contributed by atoms with Gasteiger partial charge in [-0.15, -0.1) is 0 Å². The second-order valence-corrected chi connectivity index (χ2v) is 5.04. The fourth-order valence-electron chi connectivity index (χ4n) is 2.38. The van der Waals surface area contributed by atoms with Crippen LogP contribution in [0.5, 0.6) is 0 Å². The molecule has 0 radical (unpaired) electrons. The van der Waals surface area contributed by atoms with Crippen molar-refractivity contribution in [1.82, 2.24) is 5.32 Å². The third-order valence-electron chi connectivity index (χ3n) is 4.06. The normalized spacial score (nSPS) is 12.0. The van der Waals surface area contributed by atoms with Gasteiger partial charge in [0.25, 0.3) is 0 Å². The summed E-state index contributed by atoms with van der Waals surface area (Å²) in [6, 6.07) is 0. The minimum absolute atomic E-state index is 0.420. The van der Waals surface area contributed by atoms with E-state index in [1.807, 2.05) is 0 Å². The van der Waals surface area contributed by atoms with Crippen LogP contribution < -0.4 is 5.32 Å². The molecule has 0 aromatic carbocycles. The number of rotatable bonds is 11. The number of nitrogens with one attached hydrogen (secondary N) is 1. The molecule has 0 aliphatic heterocycles. The first-order valence-corrected chi connectivity index (χ1v) is 7.49. The van der Waals surface area contributed by atoms with Crippen molar-refractivity contribution in [3.63, 3.8) is 0 Å². The molecule has 0 unspecified atom stereocenters. The van der Waals surface area contributed by atoms with E-state index in [9.17, 15) is 0 Å². The predicted molar refractivity (Wildman–Crippen MR) is 75.0 cm³/mol. The fraction of sp³-hybridized carbons (Fsp3) is 1.00. The standard InChI is InChI=1S/C15H33N/c1-5-9-10-11-12-13-14-16-15(6-2,7-3)8-4/h16H,5-14H2,1-4H3. The van der Waals surface area contributed by atoms with Crippen LogP contribution in [0.25, 0.3) is 0 Å². The summed E-state index contributed by atoms with van der Waals surface area (Å²) in [6.07, 6.45) is 12.1. The van der Waals surface area contributed by atoms with Crippen molar-refractivity contribution in [3.05, 3.63) is 0 Å². The van der Waals surface area contributed by atoms with E-state index in [1.54, 1.807) is 0 Å². The molecule has 0 bridgehead atoms. The summed E-state index contributed by atoms with van der Waals surface area (Å²) < 4.78 is 0. The van der Waals surface area contributed by atoms with Crippen LogP contribution in [0.4, 0.5) is 0 Å². The molecule has 1 N–H and O–H groups in total. The molecule has 1 heteroatoms. The van der Waals surface area contributed by atoms with Crippen LogP contribution in [0.3, 0.4) is 0 Å². The van der Waals surface area contributed by atoms with Gasteiger partial charge in [-0.1, -0.05) is 59.8 Å². The molecular formula is C15H33N. The fourth-order valence-corrected chi connectivity index (χ4v) is 2.38. The van der Waals surface area contributed by atoms with Crippen LogP contribution in [-0.2, 0) is 0 Å². The topological polar surface area (TPSA) is 12.0 Å². The second kappa shape index (κ2) is 10.1. The maximum atomic E-state index is 3.77. The first kappa shape index (κ1) is 16.0. The average Bonchev–Trinajstić information content (AvgIpc) is 2.34. The van der Waals surface area contributed by atoms with Gasteiger partial charge in [-0.25, -0.2) is 0 Å². The van der Waals surface area contributed by atoms with E-state index < -0.39 is 0 Å². The molecular weight excluding hydrogens is 194 g/mol. The monoisotopic (exact) mass is 227 g/mol. The Kier molecular flexibility index (Phi) is 10.1. The third-order valence-corrected chi connectivity index (χ3v) is 4.06. The van der Waals surface area contributed by atoms with Gasteiger partial charge in [-0.3, -0.25) is 0 Å². The van der Waals surface area contributed by atoms with Gasteiger partial charge in [0.15, 0.2) is 0 Å². The van der Waals surface area contributed by atoms with Crippen LogP contribution in [0.1, 0.15) is 85.5 Å². The molecule has 98 valence electrons. The van der Waals surface area contributed by atoms with Gasteiger partial charge in [-0.2, -0.15) is 0 Å². The third kappa shape index (κ3) is 6.52. The molecule has 0 saturated carbocycles. The minimum atomic E-state index is 0.420. The highest BCUT2D eigenvalue weighted by molar-refractivity contribution is 4.83. The Morgan fingerprint density at radius 1 is 0.688 bits per heavy atom. The molecule has 0 amide bonds. The largest absolute Gasteiger partial charge is 0.311 e. The summed E-state index contributed by atoms with van der Waals surface area (Å²) >= 11 is 0. The molecule has 0 aliphatic rings. The Labute approximate surface area is 103 Å². The Morgan fingerprint density at radius 3 is 1.69 bits per heavy atom. The maximum absolute atomic E-state index is 3.77. The summed E-state index contributed by atoms with van der Waals surface area (Å²) in [7, 11) is 0. The molecule has 0 aromatic heterocycles. The summed E-state index contributed by atoms with van der Waals surface area (Å²) in [5.41, 5.74) is 0.420. The van der Waals surface area contributed by atoms with Gasteiger partial charge in [0.1, 0.15) is 0 Å². The molecule has 0 rings (SSSR count). The Morgan fingerprint density at radius 2 is 1.19 bits per heavy atom. The number of hydrogen-bond acceptors (Lipinski definition) is 1. The lowest BCUT2D eigenvalue weighted by Crippen LogP contribution is -2.44. The summed E-state index contributed by atoms with van der Waals surface area (Å²) in [5, 5.41) is 3.77. The maximum Gasteiger partial charge on any atom is 0.0173 e. The molecule has 16 heavy (non-hydrogen) atoms.